The van der Waals surface area contributed by atoms with Gasteiger partial charge >= 0.3 is 5.97 Å². The minimum absolute atomic E-state index is 0.182. The van der Waals surface area contributed by atoms with Crippen LogP contribution < -0.4 is 5.73 Å². The first-order valence-electron chi connectivity index (χ1n) is 6.53. The summed E-state index contributed by atoms with van der Waals surface area (Å²) in [6.45, 7) is 5.68. The zero-order valence-corrected chi connectivity index (χ0v) is 11.8. The molecule has 5 heteroatoms. The molecule has 0 fully saturated rings. The Bertz CT molecular complexity index is 669. The van der Waals surface area contributed by atoms with Crippen LogP contribution in [0, 0.1) is 6.92 Å². The van der Waals surface area contributed by atoms with Crippen molar-refractivity contribution < 1.29 is 9.53 Å². The molecule has 0 spiro atoms. The Morgan fingerprint density at radius 1 is 1.35 bits per heavy atom. The van der Waals surface area contributed by atoms with Crippen LogP contribution in [0.5, 0.6) is 0 Å². The normalized spacial score (nSPS) is 20.4. The predicted molar refractivity (Wildman–Crippen MR) is 75.5 cm³/mol. The standard InChI is InChI=1S/C15H17N3O2/c1-9-17-8-12(16)18(9)13-10-6-4-5-7-11(10)14(19)20-15(13,2)3/h4-8,13H,16H2,1-3H3. The number of fused-ring (bicyclic) bond motifs is 1. The van der Waals surface area contributed by atoms with Crippen LogP contribution in [-0.2, 0) is 4.74 Å². The number of nitrogens with zero attached hydrogens (tertiary/aromatic N) is 2. The number of carbonyl (C=O) groups is 1. The third kappa shape index (κ3) is 1.70. The molecular weight excluding hydrogens is 254 g/mol. The molecule has 1 aromatic carbocycles. The Morgan fingerprint density at radius 2 is 2.05 bits per heavy atom. The number of ether oxygens (including phenoxy) is 1. The number of hydrogen-bond donors (Lipinski definition) is 1. The van der Waals surface area contributed by atoms with E-state index in [0.29, 0.717) is 11.4 Å². The number of rotatable bonds is 1. The molecule has 3 rings (SSSR count). The Kier molecular flexibility index (Phi) is 2.61. The van der Waals surface area contributed by atoms with Crippen molar-refractivity contribution in [2.24, 2.45) is 0 Å². The lowest BCUT2D eigenvalue weighted by Crippen LogP contribution is -2.44. The number of imidazole rings is 1. The van der Waals surface area contributed by atoms with Crippen LogP contribution >= 0.6 is 0 Å². The van der Waals surface area contributed by atoms with Gasteiger partial charge in [-0.05, 0) is 32.4 Å². The molecule has 0 amide bonds. The fourth-order valence-corrected chi connectivity index (χ4v) is 2.90. The molecule has 1 aliphatic rings. The monoisotopic (exact) mass is 271 g/mol. The molecular formula is C15H17N3O2. The van der Waals surface area contributed by atoms with Crippen LogP contribution in [0.2, 0.25) is 0 Å². The van der Waals surface area contributed by atoms with Gasteiger partial charge in [0.25, 0.3) is 0 Å². The van der Waals surface area contributed by atoms with Gasteiger partial charge in [-0.25, -0.2) is 9.78 Å². The van der Waals surface area contributed by atoms with Gasteiger partial charge in [0, 0.05) is 0 Å². The maximum absolute atomic E-state index is 12.1. The lowest BCUT2D eigenvalue weighted by atomic mass is 9.85. The van der Waals surface area contributed by atoms with Crippen molar-refractivity contribution in [3.8, 4) is 0 Å². The third-order valence-electron chi connectivity index (χ3n) is 3.76. The summed E-state index contributed by atoms with van der Waals surface area (Å²) in [6.07, 6.45) is 1.63. The second-order valence-electron chi connectivity index (χ2n) is 5.58. The summed E-state index contributed by atoms with van der Waals surface area (Å²) < 4.78 is 7.53. The van der Waals surface area contributed by atoms with E-state index in [1.165, 1.54) is 0 Å². The molecule has 0 saturated heterocycles. The zero-order valence-electron chi connectivity index (χ0n) is 11.8. The van der Waals surface area contributed by atoms with Crippen molar-refractivity contribution in [2.75, 3.05) is 5.73 Å². The predicted octanol–water partition coefficient (Wildman–Crippen LogP) is 2.31. The van der Waals surface area contributed by atoms with Gasteiger partial charge in [-0.15, -0.1) is 0 Å². The summed E-state index contributed by atoms with van der Waals surface area (Å²) in [5, 5.41) is 0. The van der Waals surface area contributed by atoms with Gasteiger partial charge in [-0.3, -0.25) is 0 Å². The number of nitrogens with two attached hydrogens (primary N) is 1. The van der Waals surface area contributed by atoms with Gasteiger partial charge in [0.05, 0.1) is 11.8 Å². The lowest BCUT2D eigenvalue weighted by molar-refractivity contribution is -0.0261. The number of esters is 1. The van der Waals surface area contributed by atoms with E-state index < -0.39 is 5.60 Å². The number of aromatic nitrogens is 2. The highest BCUT2D eigenvalue weighted by molar-refractivity contribution is 5.93. The van der Waals surface area contributed by atoms with E-state index >= 15 is 0 Å². The van der Waals surface area contributed by atoms with E-state index in [9.17, 15) is 4.79 Å². The van der Waals surface area contributed by atoms with Crippen LogP contribution in [0.15, 0.2) is 30.5 Å². The van der Waals surface area contributed by atoms with E-state index in [4.69, 9.17) is 10.5 Å². The summed E-state index contributed by atoms with van der Waals surface area (Å²) in [4.78, 5) is 16.4. The Hall–Kier alpha value is -2.30. The summed E-state index contributed by atoms with van der Waals surface area (Å²) in [5.41, 5.74) is 6.86. The average Bonchev–Trinajstić information content (AvgIpc) is 2.70. The van der Waals surface area contributed by atoms with Crippen molar-refractivity contribution in [1.29, 1.82) is 0 Å². The summed E-state index contributed by atoms with van der Waals surface area (Å²) in [5.74, 6) is 1.07. The highest BCUT2D eigenvalue weighted by atomic mass is 16.6. The Labute approximate surface area is 117 Å². The van der Waals surface area contributed by atoms with Crippen LogP contribution in [0.25, 0.3) is 0 Å². The average molecular weight is 271 g/mol. The quantitative estimate of drug-likeness (QED) is 0.808. The zero-order chi connectivity index (χ0) is 14.5. The fraction of sp³-hybridized carbons (Fsp3) is 0.333. The molecule has 0 saturated carbocycles. The van der Waals surface area contributed by atoms with Crippen molar-refractivity contribution in [3.05, 3.63) is 47.4 Å². The van der Waals surface area contributed by atoms with Crippen molar-refractivity contribution in [3.63, 3.8) is 0 Å². The number of nitrogen functional groups attached to an aromatic ring is 1. The number of anilines is 1. The number of cyclic esters (lactones) is 1. The second kappa shape index (κ2) is 4.10. The molecule has 1 atom stereocenters. The highest BCUT2D eigenvalue weighted by Crippen LogP contribution is 2.41. The number of carbonyl (C=O) groups excluding carboxylic acids is 1. The van der Waals surface area contributed by atoms with Crippen molar-refractivity contribution in [2.45, 2.75) is 32.4 Å². The van der Waals surface area contributed by atoms with Crippen LogP contribution in [0.4, 0.5) is 5.82 Å². The first-order chi connectivity index (χ1) is 9.42. The van der Waals surface area contributed by atoms with Gasteiger partial charge < -0.3 is 15.0 Å². The number of benzene rings is 1. The van der Waals surface area contributed by atoms with E-state index in [1.54, 1.807) is 12.3 Å². The SMILES string of the molecule is Cc1ncc(N)n1C1c2ccccc2C(=O)OC1(C)C. The minimum Gasteiger partial charge on any atom is -0.453 e. The number of hydrogen-bond acceptors (Lipinski definition) is 4. The van der Waals surface area contributed by atoms with E-state index in [1.807, 2.05) is 43.5 Å². The van der Waals surface area contributed by atoms with Crippen molar-refractivity contribution in [1.82, 2.24) is 9.55 Å². The molecule has 2 aromatic rings. The van der Waals surface area contributed by atoms with Gasteiger partial charge in [-0.2, -0.15) is 0 Å². The maximum atomic E-state index is 12.1. The molecule has 0 bridgehead atoms. The minimum atomic E-state index is -0.689. The Balaban J connectivity index is 2.28. The van der Waals surface area contributed by atoms with E-state index in [0.717, 1.165) is 11.4 Å². The van der Waals surface area contributed by atoms with Crippen LogP contribution in [0.1, 0.15) is 41.6 Å². The molecule has 1 aliphatic heterocycles. The fourth-order valence-electron chi connectivity index (χ4n) is 2.90. The first-order valence-corrected chi connectivity index (χ1v) is 6.53. The molecule has 1 aromatic heterocycles. The maximum Gasteiger partial charge on any atom is 0.339 e. The van der Waals surface area contributed by atoms with Crippen LogP contribution in [0.3, 0.4) is 0 Å². The van der Waals surface area contributed by atoms with E-state index in [-0.39, 0.29) is 12.0 Å². The molecule has 0 radical (unpaired) electrons. The summed E-state index contributed by atoms with van der Waals surface area (Å²) >= 11 is 0. The summed E-state index contributed by atoms with van der Waals surface area (Å²) in [6, 6.07) is 7.30. The van der Waals surface area contributed by atoms with Gasteiger partial charge in [0.15, 0.2) is 0 Å². The third-order valence-corrected chi connectivity index (χ3v) is 3.76. The highest BCUT2D eigenvalue weighted by Gasteiger charge is 2.43. The van der Waals surface area contributed by atoms with Crippen molar-refractivity contribution >= 4 is 11.8 Å². The Morgan fingerprint density at radius 3 is 2.70 bits per heavy atom. The first kappa shape index (κ1) is 12.7. The van der Waals surface area contributed by atoms with Crippen LogP contribution in [-0.4, -0.2) is 21.1 Å². The van der Waals surface area contributed by atoms with E-state index in [2.05, 4.69) is 4.98 Å². The topological polar surface area (TPSA) is 70.1 Å². The molecule has 20 heavy (non-hydrogen) atoms. The number of aryl methyl sites for hydroxylation is 1. The second-order valence-corrected chi connectivity index (χ2v) is 5.58. The summed E-state index contributed by atoms with van der Waals surface area (Å²) in [7, 11) is 0. The van der Waals surface area contributed by atoms with Gasteiger partial charge in [0.2, 0.25) is 0 Å². The van der Waals surface area contributed by atoms with Gasteiger partial charge in [0.1, 0.15) is 23.3 Å². The molecule has 2 heterocycles. The lowest BCUT2D eigenvalue weighted by Gasteiger charge is -2.40. The molecule has 1 unspecified atom stereocenters. The smallest absolute Gasteiger partial charge is 0.339 e. The largest absolute Gasteiger partial charge is 0.453 e. The molecule has 5 nitrogen and oxygen atoms in total. The molecule has 0 aliphatic carbocycles. The van der Waals surface area contributed by atoms with Gasteiger partial charge in [-0.1, -0.05) is 18.2 Å². The molecule has 104 valence electrons. The molecule has 2 N–H and O–H groups in total.